The van der Waals surface area contributed by atoms with Crippen LogP contribution in [0, 0.1) is 12.7 Å². The minimum absolute atomic E-state index is 0.312. The van der Waals surface area contributed by atoms with Gasteiger partial charge in [-0.05, 0) is 49.6 Å². The van der Waals surface area contributed by atoms with E-state index in [1.807, 2.05) is 13.0 Å². The molecule has 1 fully saturated rings. The fourth-order valence-electron chi connectivity index (χ4n) is 3.35. The minimum atomic E-state index is -2.30. The summed E-state index contributed by atoms with van der Waals surface area (Å²) in [4.78, 5) is 8.68. The molecule has 2 N–H and O–H groups in total. The molecule has 0 amide bonds. The first-order valence-electron chi connectivity index (χ1n) is 9.53. The lowest BCUT2D eigenvalue weighted by Gasteiger charge is -2.33. The van der Waals surface area contributed by atoms with Gasteiger partial charge in [0.1, 0.15) is 29.8 Å². The summed E-state index contributed by atoms with van der Waals surface area (Å²) >= 11 is 0. The Balaban J connectivity index is 1.74. The van der Waals surface area contributed by atoms with Crippen molar-refractivity contribution in [3.8, 4) is 5.75 Å². The predicted octanol–water partition coefficient (Wildman–Crippen LogP) is 4.08. The number of aromatic nitrogens is 2. The summed E-state index contributed by atoms with van der Waals surface area (Å²) < 4.78 is 35.9. The Hall–Kier alpha value is -2.78. The number of benzene rings is 2. The van der Waals surface area contributed by atoms with Gasteiger partial charge in [0, 0.05) is 33.7 Å². The van der Waals surface area contributed by atoms with Crippen LogP contribution in [0.2, 0.25) is 0 Å². The van der Waals surface area contributed by atoms with Crippen molar-refractivity contribution in [2.75, 3.05) is 17.8 Å². The second kappa shape index (κ2) is 7.81. The van der Waals surface area contributed by atoms with E-state index >= 15 is 0 Å². The summed E-state index contributed by atoms with van der Waals surface area (Å²) in [5.74, 6) is 0.414. The van der Waals surface area contributed by atoms with Gasteiger partial charge in [-0.2, -0.15) is 4.36 Å². The molecule has 7 nitrogen and oxygen atoms in total. The second-order valence-electron chi connectivity index (χ2n) is 7.72. The highest BCUT2D eigenvalue weighted by Crippen LogP contribution is 2.36. The number of aliphatic hydroxyl groups is 1. The van der Waals surface area contributed by atoms with E-state index in [1.54, 1.807) is 24.6 Å². The number of anilines is 2. The molecule has 0 bridgehead atoms. The monoisotopic (exact) mass is 430 g/mol. The third-order valence-electron chi connectivity index (χ3n) is 4.90. The number of nitrogens with one attached hydrogen (secondary N) is 1. The number of rotatable bonds is 5. The number of halogens is 1. The van der Waals surface area contributed by atoms with Crippen LogP contribution in [0.25, 0.3) is 10.9 Å². The summed E-state index contributed by atoms with van der Waals surface area (Å²) in [5, 5.41) is 13.8. The molecule has 1 aliphatic rings. The Morgan fingerprint density at radius 2 is 2.03 bits per heavy atom. The molecule has 0 unspecified atom stereocenters. The number of ether oxygens (including phenoxy) is 1. The smallest absolute Gasteiger partial charge is 0.146 e. The quantitative estimate of drug-likeness (QED) is 0.633. The molecule has 0 spiro atoms. The first-order valence-corrected chi connectivity index (χ1v) is 11.9. The van der Waals surface area contributed by atoms with Crippen LogP contribution in [-0.2, 0) is 9.73 Å². The SMILES string of the molecule is Cc1cc(N=S(C)(C)=O)cc2ncnc(Nc3ccc(F)cc3O[C@@H]3CC[C@H]3O)c12. The highest BCUT2D eigenvalue weighted by Gasteiger charge is 2.31. The fourth-order valence-corrected chi connectivity index (χ4v) is 3.96. The standard InChI is InChI=1S/C21H23FN4O3S/c1-12-8-14(26-30(2,3)28)10-16-20(12)21(24-11-23-16)25-15-5-4-13(22)9-19(15)29-18-7-6-17(18)27/h4-5,8-11,17-18,27H,6-7H2,1-3H3,(H,23,24,25)/t17-,18-/m1/s1. The molecular formula is C21H23FN4O3S. The second-order valence-corrected chi connectivity index (χ2v) is 10.3. The highest BCUT2D eigenvalue weighted by atomic mass is 32.2. The molecule has 30 heavy (non-hydrogen) atoms. The van der Waals surface area contributed by atoms with E-state index in [0.29, 0.717) is 34.9 Å². The Labute approximate surface area is 174 Å². The maximum Gasteiger partial charge on any atom is 0.146 e. The molecule has 3 aromatic rings. The normalized spacial score (nSPS) is 18.7. The predicted molar refractivity (Wildman–Crippen MR) is 116 cm³/mol. The molecule has 1 aromatic heterocycles. The summed E-state index contributed by atoms with van der Waals surface area (Å²) in [7, 11) is -2.30. The number of aryl methyl sites for hydroxylation is 1. The van der Waals surface area contributed by atoms with E-state index in [2.05, 4.69) is 19.6 Å². The van der Waals surface area contributed by atoms with Crippen molar-refractivity contribution in [1.29, 1.82) is 0 Å². The Bertz CT molecular complexity index is 1230. The van der Waals surface area contributed by atoms with Gasteiger partial charge in [0.15, 0.2) is 0 Å². The van der Waals surface area contributed by atoms with Crippen LogP contribution in [0.4, 0.5) is 21.6 Å². The number of aliphatic hydroxyl groups excluding tert-OH is 1. The Morgan fingerprint density at radius 1 is 1.23 bits per heavy atom. The molecule has 158 valence electrons. The third-order valence-corrected chi connectivity index (χ3v) is 5.55. The topological polar surface area (TPSA) is 96.7 Å². The van der Waals surface area contributed by atoms with E-state index < -0.39 is 21.7 Å². The van der Waals surface area contributed by atoms with Crippen molar-refractivity contribution >= 4 is 37.8 Å². The van der Waals surface area contributed by atoms with E-state index in [0.717, 1.165) is 17.4 Å². The molecule has 1 heterocycles. The molecule has 0 radical (unpaired) electrons. The van der Waals surface area contributed by atoms with Crippen LogP contribution in [-0.4, -0.2) is 44.0 Å². The Morgan fingerprint density at radius 3 is 2.70 bits per heavy atom. The van der Waals surface area contributed by atoms with E-state index in [4.69, 9.17) is 4.74 Å². The number of hydrogen-bond donors (Lipinski definition) is 2. The van der Waals surface area contributed by atoms with Crippen LogP contribution in [0.5, 0.6) is 5.75 Å². The van der Waals surface area contributed by atoms with Crippen LogP contribution in [0.15, 0.2) is 41.0 Å². The van der Waals surface area contributed by atoms with Crippen LogP contribution in [0.3, 0.4) is 0 Å². The van der Waals surface area contributed by atoms with Crippen molar-refractivity contribution in [2.45, 2.75) is 32.0 Å². The van der Waals surface area contributed by atoms with Crippen LogP contribution in [0.1, 0.15) is 18.4 Å². The maximum absolute atomic E-state index is 13.8. The molecule has 1 aliphatic carbocycles. The lowest BCUT2D eigenvalue weighted by atomic mass is 9.92. The molecular weight excluding hydrogens is 407 g/mol. The summed E-state index contributed by atoms with van der Waals surface area (Å²) in [6, 6.07) is 7.79. The molecule has 0 aliphatic heterocycles. The molecule has 4 rings (SSSR count). The first-order chi connectivity index (χ1) is 14.2. The van der Waals surface area contributed by atoms with Crippen molar-refractivity contribution in [2.24, 2.45) is 4.36 Å². The molecule has 9 heteroatoms. The van der Waals surface area contributed by atoms with Crippen molar-refractivity contribution in [1.82, 2.24) is 9.97 Å². The van der Waals surface area contributed by atoms with Gasteiger partial charge >= 0.3 is 0 Å². The summed E-state index contributed by atoms with van der Waals surface area (Å²) in [6.07, 6.45) is 5.08. The van der Waals surface area contributed by atoms with Gasteiger partial charge in [0.05, 0.1) is 23.0 Å². The van der Waals surface area contributed by atoms with Gasteiger partial charge in [-0.25, -0.2) is 18.6 Å². The van der Waals surface area contributed by atoms with E-state index in [-0.39, 0.29) is 6.10 Å². The van der Waals surface area contributed by atoms with Crippen molar-refractivity contribution in [3.63, 3.8) is 0 Å². The lowest BCUT2D eigenvalue weighted by Crippen LogP contribution is -2.41. The van der Waals surface area contributed by atoms with E-state index in [9.17, 15) is 13.7 Å². The van der Waals surface area contributed by atoms with Gasteiger partial charge in [-0.3, -0.25) is 0 Å². The average Bonchev–Trinajstić information content (AvgIpc) is 2.65. The average molecular weight is 431 g/mol. The van der Waals surface area contributed by atoms with Gasteiger partial charge in [0.2, 0.25) is 0 Å². The molecule has 0 saturated heterocycles. The fraction of sp³-hybridized carbons (Fsp3) is 0.333. The van der Waals surface area contributed by atoms with Gasteiger partial charge in [-0.1, -0.05) is 0 Å². The van der Waals surface area contributed by atoms with E-state index in [1.165, 1.54) is 18.5 Å². The van der Waals surface area contributed by atoms with Crippen LogP contribution < -0.4 is 10.1 Å². The Kier molecular flexibility index (Phi) is 5.33. The first kappa shape index (κ1) is 20.5. The maximum atomic E-state index is 13.8. The third kappa shape index (κ3) is 4.36. The number of nitrogens with zero attached hydrogens (tertiary/aromatic N) is 3. The zero-order valence-electron chi connectivity index (χ0n) is 16.9. The minimum Gasteiger partial charge on any atom is -0.485 e. The molecule has 2 atom stereocenters. The molecule has 1 saturated carbocycles. The molecule has 2 aromatic carbocycles. The highest BCUT2D eigenvalue weighted by molar-refractivity contribution is 7.92. The number of fused-ring (bicyclic) bond motifs is 1. The largest absolute Gasteiger partial charge is 0.485 e. The lowest BCUT2D eigenvalue weighted by molar-refractivity contribution is -0.0359. The zero-order valence-corrected chi connectivity index (χ0v) is 17.7. The van der Waals surface area contributed by atoms with Crippen molar-refractivity contribution in [3.05, 3.63) is 48.0 Å². The van der Waals surface area contributed by atoms with Gasteiger partial charge in [0.25, 0.3) is 0 Å². The summed E-state index contributed by atoms with van der Waals surface area (Å²) in [6.45, 7) is 1.90. The zero-order chi connectivity index (χ0) is 21.5. The van der Waals surface area contributed by atoms with Crippen molar-refractivity contribution < 1.29 is 18.4 Å². The summed E-state index contributed by atoms with van der Waals surface area (Å²) in [5.41, 5.74) is 2.63. The van der Waals surface area contributed by atoms with Gasteiger partial charge < -0.3 is 15.2 Å². The van der Waals surface area contributed by atoms with Gasteiger partial charge in [-0.15, -0.1) is 0 Å². The van der Waals surface area contributed by atoms with Crippen LogP contribution >= 0.6 is 0 Å². The number of hydrogen-bond acceptors (Lipinski definition) is 7.